The van der Waals surface area contributed by atoms with Gasteiger partial charge in [0.1, 0.15) is 0 Å². The molecule has 0 spiro atoms. The Bertz CT molecular complexity index is 1320. The first-order chi connectivity index (χ1) is 19.1. The molecule has 39 heavy (non-hydrogen) atoms. The normalized spacial score (nSPS) is 21.3. The van der Waals surface area contributed by atoms with Crippen LogP contribution in [0.25, 0.3) is 11.1 Å². The maximum atomic E-state index is 9.52. The second-order valence-corrected chi connectivity index (χ2v) is 10.5. The Hall–Kier alpha value is -3.32. The molecule has 1 heterocycles. The molecule has 202 valence electrons. The Kier molecular flexibility index (Phi) is 8.87. The van der Waals surface area contributed by atoms with Crippen LogP contribution in [0.3, 0.4) is 0 Å². The molecule has 0 aromatic heterocycles. The number of benzene rings is 4. The SMILES string of the molecule is CC1C(CN(C)Cc2ccccc2)OC(c2ccc(-c3ccccc3CN)cc2)OC1c1ccc(CO)cc1. The van der Waals surface area contributed by atoms with Crippen molar-refractivity contribution < 1.29 is 14.6 Å². The van der Waals surface area contributed by atoms with Gasteiger partial charge in [-0.1, -0.05) is 110 Å². The maximum Gasteiger partial charge on any atom is 0.184 e. The van der Waals surface area contributed by atoms with E-state index in [1.807, 2.05) is 30.3 Å². The molecule has 5 heteroatoms. The number of aliphatic hydroxyl groups excluding tert-OH is 1. The Labute approximate surface area is 231 Å². The molecule has 3 N–H and O–H groups in total. The molecule has 5 nitrogen and oxygen atoms in total. The Morgan fingerprint density at radius 2 is 1.44 bits per heavy atom. The molecule has 0 amide bonds. The predicted octanol–water partition coefficient (Wildman–Crippen LogP) is 6.23. The molecular weight excluding hydrogens is 484 g/mol. The zero-order valence-corrected chi connectivity index (χ0v) is 22.7. The van der Waals surface area contributed by atoms with Crippen LogP contribution in [-0.2, 0) is 29.2 Å². The van der Waals surface area contributed by atoms with E-state index in [0.29, 0.717) is 6.54 Å². The van der Waals surface area contributed by atoms with E-state index in [-0.39, 0.29) is 24.7 Å². The number of ether oxygens (including phenoxy) is 2. The van der Waals surface area contributed by atoms with Gasteiger partial charge in [0.05, 0.1) is 18.8 Å². The highest BCUT2D eigenvalue weighted by atomic mass is 16.7. The van der Waals surface area contributed by atoms with Gasteiger partial charge in [0.25, 0.3) is 0 Å². The highest BCUT2D eigenvalue weighted by molar-refractivity contribution is 5.67. The van der Waals surface area contributed by atoms with Crippen molar-refractivity contribution >= 4 is 0 Å². The van der Waals surface area contributed by atoms with E-state index in [1.165, 1.54) is 5.56 Å². The Morgan fingerprint density at radius 3 is 2.13 bits per heavy atom. The van der Waals surface area contributed by atoms with Crippen molar-refractivity contribution in [2.24, 2.45) is 11.7 Å². The molecule has 4 aromatic rings. The lowest BCUT2D eigenvalue weighted by Gasteiger charge is -2.42. The number of rotatable bonds is 9. The van der Waals surface area contributed by atoms with Crippen LogP contribution in [0.4, 0.5) is 0 Å². The average Bonchev–Trinajstić information content (AvgIpc) is 2.99. The summed E-state index contributed by atoms with van der Waals surface area (Å²) in [5, 5.41) is 9.52. The second kappa shape index (κ2) is 12.7. The summed E-state index contributed by atoms with van der Waals surface area (Å²) in [7, 11) is 2.14. The summed E-state index contributed by atoms with van der Waals surface area (Å²) in [6.45, 7) is 4.36. The molecule has 4 atom stereocenters. The molecule has 0 saturated carbocycles. The lowest BCUT2D eigenvalue weighted by molar-refractivity contribution is -0.276. The van der Waals surface area contributed by atoms with Gasteiger partial charge in [0.2, 0.25) is 0 Å². The molecular formula is C34H38N2O3. The number of nitrogens with zero attached hydrogens (tertiary/aromatic N) is 1. The van der Waals surface area contributed by atoms with E-state index in [2.05, 4.69) is 91.7 Å². The molecule has 4 unspecified atom stereocenters. The second-order valence-electron chi connectivity index (χ2n) is 10.5. The molecule has 0 aliphatic carbocycles. The zero-order chi connectivity index (χ0) is 27.2. The molecule has 1 saturated heterocycles. The van der Waals surface area contributed by atoms with Crippen molar-refractivity contribution in [3.63, 3.8) is 0 Å². The first kappa shape index (κ1) is 27.3. The highest BCUT2D eigenvalue weighted by Gasteiger charge is 2.38. The summed E-state index contributed by atoms with van der Waals surface area (Å²) in [6.07, 6.45) is -0.653. The third-order valence-corrected chi connectivity index (χ3v) is 7.64. The van der Waals surface area contributed by atoms with E-state index < -0.39 is 6.29 Å². The standard InChI is InChI=1S/C34H38N2O3/c1-24-32(22-36(2)21-25-8-4-3-5-9-25)38-34(39-33(24)28-14-12-26(23-37)13-15-28)29-18-16-27(17-19-29)31-11-7-6-10-30(31)20-35/h3-19,24,32-34,37H,20-23,35H2,1-2H3. The van der Waals surface area contributed by atoms with Crippen molar-refractivity contribution in [3.8, 4) is 11.1 Å². The molecule has 0 bridgehead atoms. The molecule has 1 fully saturated rings. The minimum Gasteiger partial charge on any atom is -0.392 e. The van der Waals surface area contributed by atoms with E-state index in [4.69, 9.17) is 15.2 Å². The molecule has 0 radical (unpaired) electrons. The number of aliphatic hydroxyl groups is 1. The van der Waals surface area contributed by atoms with Crippen molar-refractivity contribution in [1.29, 1.82) is 0 Å². The van der Waals surface area contributed by atoms with E-state index in [9.17, 15) is 5.11 Å². The van der Waals surface area contributed by atoms with Crippen LogP contribution in [0, 0.1) is 5.92 Å². The summed E-state index contributed by atoms with van der Waals surface area (Å²) >= 11 is 0. The van der Waals surface area contributed by atoms with E-state index >= 15 is 0 Å². The topological polar surface area (TPSA) is 68.0 Å². The van der Waals surface area contributed by atoms with Crippen LogP contribution < -0.4 is 5.73 Å². The fourth-order valence-electron chi connectivity index (χ4n) is 5.39. The maximum absolute atomic E-state index is 9.52. The fraction of sp³-hybridized carbons (Fsp3) is 0.294. The van der Waals surface area contributed by atoms with Gasteiger partial charge >= 0.3 is 0 Å². The van der Waals surface area contributed by atoms with Gasteiger partial charge in [-0.3, -0.25) is 4.90 Å². The first-order valence-electron chi connectivity index (χ1n) is 13.7. The molecule has 1 aliphatic heterocycles. The lowest BCUT2D eigenvalue weighted by atomic mass is 9.90. The predicted molar refractivity (Wildman–Crippen MR) is 156 cm³/mol. The largest absolute Gasteiger partial charge is 0.392 e. The fourth-order valence-corrected chi connectivity index (χ4v) is 5.39. The summed E-state index contributed by atoms with van der Waals surface area (Å²) in [6, 6.07) is 35.3. The average molecular weight is 523 g/mol. The number of likely N-dealkylation sites (N-methyl/N-ethyl adjacent to an activating group) is 1. The van der Waals surface area contributed by atoms with E-state index in [0.717, 1.165) is 46.5 Å². The Balaban J connectivity index is 1.39. The lowest BCUT2D eigenvalue weighted by Crippen LogP contribution is -2.43. The van der Waals surface area contributed by atoms with Gasteiger partial charge in [-0.2, -0.15) is 0 Å². The van der Waals surface area contributed by atoms with Crippen LogP contribution in [0.15, 0.2) is 103 Å². The third-order valence-electron chi connectivity index (χ3n) is 7.64. The Morgan fingerprint density at radius 1 is 0.769 bits per heavy atom. The smallest absolute Gasteiger partial charge is 0.184 e. The van der Waals surface area contributed by atoms with Gasteiger partial charge in [-0.15, -0.1) is 0 Å². The minimum absolute atomic E-state index is 0.0274. The first-order valence-corrected chi connectivity index (χ1v) is 13.7. The summed E-state index contributed by atoms with van der Waals surface area (Å²) in [5.74, 6) is 0.134. The van der Waals surface area contributed by atoms with Gasteiger partial charge in [-0.05, 0) is 40.4 Å². The minimum atomic E-state index is -0.488. The van der Waals surface area contributed by atoms with Crippen LogP contribution in [0.5, 0.6) is 0 Å². The summed E-state index contributed by atoms with van der Waals surface area (Å²) in [4.78, 5) is 2.32. The van der Waals surface area contributed by atoms with Gasteiger partial charge in [0, 0.05) is 31.1 Å². The number of nitrogens with two attached hydrogens (primary N) is 1. The van der Waals surface area contributed by atoms with Crippen molar-refractivity contribution in [2.75, 3.05) is 13.6 Å². The van der Waals surface area contributed by atoms with Crippen LogP contribution in [0.1, 0.15) is 47.1 Å². The van der Waals surface area contributed by atoms with Gasteiger partial charge < -0.3 is 20.3 Å². The molecule has 5 rings (SSSR count). The van der Waals surface area contributed by atoms with Crippen LogP contribution in [-0.4, -0.2) is 29.7 Å². The van der Waals surface area contributed by atoms with Gasteiger partial charge in [0.15, 0.2) is 6.29 Å². The third kappa shape index (κ3) is 6.47. The molecule has 1 aliphatic rings. The molecule has 4 aromatic carbocycles. The highest BCUT2D eigenvalue weighted by Crippen LogP contribution is 2.42. The van der Waals surface area contributed by atoms with Crippen molar-refractivity contribution in [1.82, 2.24) is 4.90 Å². The summed E-state index contributed by atoms with van der Waals surface area (Å²) < 4.78 is 13.3. The monoisotopic (exact) mass is 522 g/mol. The van der Waals surface area contributed by atoms with Crippen molar-refractivity contribution in [3.05, 3.63) is 131 Å². The van der Waals surface area contributed by atoms with E-state index in [1.54, 1.807) is 0 Å². The number of hydrogen-bond donors (Lipinski definition) is 2. The quantitative estimate of drug-likeness (QED) is 0.273. The van der Waals surface area contributed by atoms with Crippen LogP contribution in [0.2, 0.25) is 0 Å². The van der Waals surface area contributed by atoms with Gasteiger partial charge in [-0.25, -0.2) is 0 Å². The number of hydrogen-bond acceptors (Lipinski definition) is 5. The zero-order valence-electron chi connectivity index (χ0n) is 22.7. The summed E-state index contributed by atoms with van der Waals surface area (Å²) in [5.41, 5.74) is 13.6. The van der Waals surface area contributed by atoms with Crippen molar-refractivity contribution in [2.45, 2.75) is 45.1 Å². The van der Waals surface area contributed by atoms with Crippen LogP contribution >= 0.6 is 0 Å².